The van der Waals surface area contributed by atoms with Gasteiger partial charge in [0.2, 0.25) is 0 Å². The number of carbonyl (C=O) groups excluding carboxylic acids is 1. The number of amides is 1. The quantitative estimate of drug-likeness (QED) is 0.839. The molecule has 148 valence electrons. The molecule has 0 saturated carbocycles. The second-order valence-corrected chi connectivity index (χ2v) is 7.10. The van der Waals surface area contributed by atoms with Crippen LogP contribution in [0.1, 0.15) is 36.8 Å². The van der Waals surface area contributed by atoms with Crippen molar-refractivity contribution in [3.8, 4) is 5.75 Å². The highest BCUT2D eigenvalue weighted by molar-refractivity contribution is 5.79. The SMILES string of the molecule is Cc1ccc(OCC(=O)N2NC3=CCCCC[C@H]3[C@@]2(O)C(F)(F)F)cc1C. The molecule has 0 unspecified atom stereocenters. The summed E-state index contributed by atoms with van der Waals surface area (Å²) in [6.07, 6.45) is -1.32. The van der Waals surface area contributed by atoms with Crippen LogP contribution in [0.4, 0.5) is 13.2 Å². The van der Waals surface area contributed by atoms with Gasteiger partial charge in [-0.3, -0.25) is 10.2 Å². The van der Waals surface area contributed by atoms with Crippen molar-refractivity contribution < 1.29 is 27.8 Å². The van der Waals surface area contributed by atoms with E-state index < -0.39 is 30.3 Å². The Labute approximate surface area is 155 Å². The number of benzene rings is 1. The maximum Gasteiger partial charge on any atom is 0.439 e. The molecule has 0 aromatic heterocycles. The summed E-state index contributed by atoms with van der Waals surface area (Å²) in [6, 6.07) is 5.16. The van der Waals surface area contributed by atoms with E-state index in [0.29, 0.717) is 18.6 Å². The molecule has 1 heterocycles. The third-order valence-electron chi connectivity index (χ3n) is 5.26. The van der Waals surface area contributed by atoms with Gasteiger partial charge in [0.25, 0.3) is 11.6 Å². The largest absolute Gasteiger partial charge is 0.484 e. The molecule has 3 rings (SSSR count). The van der Waals surface area contributed by atoms with Crippen LogP contribution >= 0.6 is 0 Å². The molecular formula is C19H23F3N2O3. The topological polar surface area (TPSA) is 61.8 Å². The van der Waals surface area contributed by atoms with E-state index in [1.807, 2.05) is 13.8 Å². The third kappa shape index (κ3) is 3.50. The van der Waals surface area contributed by atoms with Crippen LogP contribution in [-0.2, 0) is 4.79 Å². The second-order valence-electron chi connectivity index (χ2n) is 7.10. The van der Waals surface area contributed by atoms with Gasteiger partial charge in [-0.15, -0.1) is 0 Å². The summed E-state index contributed by atoms with van der Waals surface area (Å²) in [6.45, 7) is 3.17. The number of fused-ring (bicyclic) bond motifs is 1. The minimum absolute atomic E-state index is 0.149. The van der Waals surface area contributed by atoms with Gasteiger partial charge in [-0.25, -0.2) is 5.01 Å². The lowest BCUT2D eigenvalue weighted by Crippen LogP contribution is -2.63. The summed E-state index contributed by atoms with van der Waals surface area (Å²) < 4.78 is 46.7. The summed E-state index contributed by atoms with van der Waals surface area (Å²) in [5.74, 6) is -1.82. The van der Waals surface area contributed by atoms with Crippen LogP contribution in [0.15, 0.2) is 30.0 Å². The molecule has 0 spiro atoms. The summed E-state index contributed by atoms with van der Waals surface area (Å²) in [5.41, 5.74) is 1.42. The van der Waals surface area contributed by atoms with Crippen molar-refractivity contribution >= 4 is 5.91 Å². The van der Waals surface area contributed by atoms with E-state index in [1.54, 1.807) is 24.3 Å². The smallest absolute Gasteiger partial charge is 0.439 e. The first kappa shape index (κ1) is 19.5. The second kappa shape index (κ2) is 7.07. The molecule has 1 saturated heterocycles. The first-order valence-electron chi connectivity index (χ1n) is 8.93. The first-order chi connectivity index (χ1) is 12.6. The molecule has 8 heteroatoms. The van der Waals surface area contributed by atoms with Gasteiger partial charge in [-0.1, -0.05) is 18.6 Å². The van der Waals surface area contributed by atoms with Gasteiger partial charge < -0.3 is 9.84 Å². The Morgan fingerprint density at radius 1 is 1.33 bits per heavy atom. The number of nitrogens with one attached hydrogen (secondary N) is 1. The number of alkyl halides is 3. The maximum absolute atomic E-state index is 13.8. The molecule has 0 radical (unpaired) electrons. The standard InChI is InChI=1S/C19H23F3N2O3/c1-12-8-9-14(10-13(12)2)27-11-17(25)24-18(26,19(20,21)22)15-6-4-3-5-7-16(15)23-24/h7-10,15,23,26H,3-6,11H2,1-2H3/t15-,18-/m1/s1. The number of aryl methyl sites for hydroxylation is 2. The van der Waals surface area contributed by atoms with Gasteiger partial charge in [-0.2, -0.15) is 13.2 Å². The third-order valence-corrected chi connectivity index (χ3v) is 5.26. The number of hydrogen-bond donors (Lipinski definition) is 2. The fourth-order valence-electron chi connectivity index (χ4n) is 3.55. The molecule has 1 aromatic rings. The molecule has 1 amide bonds. The fourth-order valence-corrected chi connectivity index (χ4v) is 3.55. The number of hydrogen-bond acceptors (Lipinski definition) is 4. The Bertz CT molecular complexity index is 763. The Hall–Kier alpha value is -2.22. The lowest BCUT2D eigenvalue weighted by atomic mass is 9.89. The van der Waals surface area contributed by atoms with Crippen LogP contribution in [0.2, 0.25) is 0 Å². The van der Waals surface area contributed by atoms with Gasteiger partial charge in [0.1, 0.15) is 5.75 Å². The number of aliphatic hydroxyl groups is 1. The number of nitrogens with zero attached hydrogens (tertiary/aromatic N) is 1. The fraction of sp³-hybridized carbons (Fsp3) is 0.526. The lowest BCUT2D eigenvalue weighted by Gasteiger charge is -2.36. The van der Waals surface area contributed by atoms with Crippen molar-refractivity contribution in [2.75, 3.05) is 6.61 Å². The number of hydrazine groups is 1. The Morgan fingerprint density at radius 3 is 2.74 bits per heavy atom. The molecule has 5 nitrogen and oxygen atoms in total. The van der Waals surface area contributed by atoms with Crippen LogP contribution < -0.4 is 10.2 Å². The zero-order valence-corrected chi connectivity index (χ0v) is 15.3. The molecule has 2 atom stereocenters. The van der Waals surface area contributed by atoms with Crippen LogP contribution in [0.25, 0.3) is 0 Å². The van der Waals surface area contributed by atoms with E-state index in [9.17, 15) is 23.1 Å². The highest BCUT2D eigenvalue weighted by Gasteiger charge is 2.68. The van der Waals surface area contributed by atoms with Gasteiger partial charge in [0.15, 0.2) is 6.61 Å². The number of rotatable bonds is 3. The van der Waals surface area contributed by atoms with E-state index in [2.05, 4.69) is 5.43 Å². The summed E-state index contributed by atoms with van der Waals surface area (Å²) in [4.78, 5) is 12.5. The van der Waals surface area contributed by atoms with Gasteiger partial charge in [0.05, 0.1) is 5.92 Å². The number of carbonyl (C=O) groups is 1. The summed E-state index contributed by atoms with van der Waals surface area (Å²) in [7, 11) is 0. The van der Waals surface area contributed by atoms with Crippen molar-refractivity contribution in [2.45, 2.75) is 51.4 Å². The summed E-state index contributed by atoms with van der Waals surface area (Å²) in [5, 5.41) is 10.9. The van der Waals surface area contributed by atoms with Crippen molar-refractivity contribution in [3.05, 3.63) is 41.1 Å². The number of ether oxygens (including phenoxy) is 1. The normalized spacial score (nSPS) is 25.3. The van der Waals surface area contributed by atoms with Gasteiger partial charge in [0, 0.05) is 5.70 Å². The van der Waals surface area contributed by atoms with Gasteiger partial charge in [-0.05, 0) is 56.4 Å². The minimum Gasteiger partial charge on any atom is -0.484 e. The maximum atomic E-state index is 13.8. The summed E-state index contributed by atoms with van der Waals surface area (Å²) >= 11 is 0. The predicted octanol–water partition coefficient (Wildman–Crippen LogP) is 3.35. The molecule has 27 heavy (non-hydrogen) atoms. The molecule has 1 aliphatic heterocycles. The number of halogens is 3. The zero-order valence-electron chi connectivity index (χ0n) is 15.3. The van der Waals surface area contributed by atoms with Crippen LogP contribution in [0.5, 0.6) is 5.75 Å². The molecule has 2 aliphatic rings. The van der Waals surface area contributed by atoms with E-state index in [4.69, 9.17) is 4.74 Å². The molecule has 1 fully saturated rings. The minimum atomic E-state index is -5.00. The molecule has 0 bridgehead atoms. The average molecular weight is 384 g/mol. The molecule has 1 aromatic carbocycles. The lowest BCUT2D eigenvalue weighted by molar-refractivity contribution is -0.318. The monoisotopic (exact) mass is 384 g/mol. The highest BCUT2D eigenvalue weighted by Crippen LogP contribution is 2.48. The van der Waals surface area contributed by atoms with Crippen molar-refractivity contribution in [1.29, 1.82) is 0 Å². The van der Waals surface area contributed by atoms with Crippen LogP contribution in [0.3, 0.4) is 0 Å². The Morgan fingerprint density at radius 2 is 2.07 bits per heavy atom. The molecular weight excluding hydrogens is 361 g/mol. The van der Waals surface area contributed by atoms with E-state index >= 15 is 0 Å². The first-order valence-corrected chi connectivity index (χ1v) is 8.93. The Kier molecular flexibility index (Phi) is 5.12. The average Bonchev–Trinajstić information content (AvgIpc) is 2.75. The number of allylic oxidation sites excluding steroid dienone is 1. The zero-order chi connectivity index (χ0) is 19.8. The molecule has 2 N–H and O–H groups in total. The Balaban J connectivity index is 1.81. The van der Waals surface area contributed by atoms with Crippen molar-refractivity contribution in [2.24, 2.45) is 5.92 Å². The molecule has 1 aliphatic carbocycles. The van der Waals surface area contributed by atoms with Crippen molar-refractivity contribution in [1.82, 2.24) is 10.4 Å². The van der Waals surface area contributed by atoms with E-state index in [1.165, 1.54) is 0 Å². The van der Waals surface area contributed by atoms with Crippen molar-refractivity contribution in [3.63, 3.8) is 0 Å². The van der Waals surface area contributed by atoms with E-state index in [0.717, 1.165) is 17.5 Å². The van der Waals surface area contributed by atoms with Crippen LogP contribution in [-0.4, -0.2) is 34.5 Å². The highest BCUT2D eigenvalue weighted by atomic mass is 19.4. The van der Waals surface area contributed by atoms with Gasteiger partial charge >= 0.3 is 6.18 Å². The van der Waals surface area contributed by atoms with Crippen LogP contribution in [0, 0.1) is 19.8 Å². The van der Waals surface area contributed by atoms with E-state index in [-0.39, 0.29) is 17.1 Å². The predicted molar refractivity (Wildman–Crippen MR) is 92.4 cm³/mol.